The highest BCUT2D eigenvalue weighted by Crippen LogP contribution is 2.25. The summed E-state index contributed by atoms with van der Waals surface area (Å²) < 4.78 is 27.2. The molecule has 186 valence electrons. The van der Waals surface area contributed by atoms with Gasteiger partial charge in [-0.1, -0.05) is 53.2 Å². The van der Waals surface area contributed by atoms with Gasteiger partial charge in [-0.15, -0.1) is 0 Å². The van der Waals surface area contributed by atoms with Gasteiger partial charge >= 0.3 is 0 Å². The monoisotopic (exact) mass is 551 g/mol. The van der Waals surface area contributed by atoms with Crippen LogP contribution in [0.2, 0.25) is 0 Å². The fraction of sp³-hybridized carbons (Fsp3) is 0.440. The van der Waals surface area contributed by atoms with Crippen LogP contribution in [0.25, 0.3) is 0 Å². The fourth-order valence-electron chi connectivity index (χ4n) is 3.67. The zero-order valence-electron chi connectivity index (χ0n) is 20.4. The van der Waals surface area contributed by atoms with E-state index in [9.17, 15) is 18.0 Å². The van der Waals surface area contributed by atoms with Gasteiger partial charge in [-0.25, -0.2) is 8.42 Å². The predicted octanol–water partition coefficient (Wildman–Crippen LogP) is 3.90. The van der Waals surface area contributed by atoms with E-state index in [0.717, 1.165) is 26.2 Å². The number of carbonyl (C=O) groups excluding carboxylic acids is 2. The summed E-state index contributed by atoms with van der Waals surface area (Å²) in [6, 6.07) is 14.0. The third-order valence-corrected chi connectivity index (χ3v) is 7.44. The van der Waals surface area contributed by atoms with Crippen molar-refractivity contribution < 1.29 is 18.0 Å². The Hall–Kier alpha value is -2.39. The Balaban J connectivity index is 2.38. The van der Waals surface area contributed by atoms with Gasteiger partial charge in [0.05, 0.1) is 11.9 Å². The second-order valence-corrected chi connectivity index (χ2v) is 11.4. The number of hydrogen-bond donors (Lipinski definition) is 1. The molecule has 0 radical (unpaired) electrons. The molecule has 7 nitrogen and oxygen atoms in total. The lowest BCUT2D eigenvalue weighted by Crippen LogP contribution is -2.54. The van der Waals surface area contributed by atoms with E-state index in [1.165, 1.54) is 4.90 Å². The van der Waals surface area contributed by atoms with Crippen molar-refractivity contribution in [3.05, 3.63) is 64.1 Å². The molecule has 0 aliphatic carbocycles. The summed E-state index contributed by atoms with van der Waals surface area (Å²) in [6.07, 6.45) is 2.04. The van der Waals surface area contributed by atoms with E-state index < -0.39 is 22.0 Å². The summed E-state index contributed by atoms with van der Waals surface area (Å²) in [5, 5.41) is 2.89. The smallest absolute Gasteiger partial charge is 0.244 e. The Kier molecular flexibility index (Phi) is 10.1. The Morgan fingerprint density at radius 1 is 1.09 bits per heavy atom. The van der Waals surface area contributed by atoms with Crippen molar-refractivity contribution in [2.45, 2.75) is 52.6 Å². The van der Waals surface area contributed by atoms with Crippen molar-refractivity contribution in [2.24, 2.45) is 0 Å². The van der Waals surface area contributed by atoms with Gasteiger partial charge in [-0.2, -0.15) is 0 Å². The predicted molar refractivity (Wildman–Crippen MR) is 140 cm³/mol. The molecule has 34 heavy (non-hydrogen) atoms. The average Bonchev–Trinajstić information content (AvgIpc) is 2.76. The summed E-state index contributed by atoms with van der Waals surface area (Å²) in [5.41, 5.74) is 2.28. The lowest BCUT2D eigenvalue weighted by Gasteiger charge is -2.33. The van der Waals surface area contributed by atoms with E-state index in [1.54, 1.807) is 18.2 Å². The Bertz CT molecular complexity index is 1090. The normalized spacial score (nSPS) is 12.3. The molecular weight excluding hydrogens is 518 g/mol. The van der Waals surface area contributed by atoms with Crippen molar-refractivity contribution in [3.8, 4) is 0 Å². The summed E-state index contributed by atoms with van der Waals surface area (Å²) in [6.45, 7) is 7.33. The van der Waals surface area contributed by atoms with E-state index >= 15 is 0 Å². The molecule has 0 bridgehead atoms. The van der Waals surface area contributed by atoms with Gasteiger partial charge < -0.3 is 10.2 Å². The molecule has 2 aromatic rings. The molecule has 0 aliphatic rings. The first-order chi connectivity index (χ1) is 15.9. The zero-order chi connectivity index (χ0) is 25.5. The fourth-order valence-corrected chi connectivity index (χ4v) is 4.76. The van der Waals surface area contributed by atoms with Gasteiger partial charge in [0.25, 0.3) is 0 Å². The van der Waals surface area contributed by atoms with Crippen molar-refractivity contribution in [3.63, 3.8) is 0 Å². The molecule has 9 heteroatoms. The molecule has 0 heterocycles. The Labute approximate surface area is 211 Å². The molecule has 0 saturated carbocycles. The van der Waals surface area contributed by atoms with Crippen LogP contribution in [-0.4, -0.2) is 56.6 Å². The van der Waals surface area contributed by atoms with E-state index in [2.05, 4.69) is 21.2 Å². The van der Waals surface area contributed by atoms with E-state index in [0.29, 0.717) is 25.1 Å². The van der Waals surface area contributed by atoms with Crippen LogP contribution in [0.3, 0.4) is 0 Å². The van der Waals surface area contributed by atoms with E-state index in [4.69, 9.17) is 0 Å². The molecule has 0 saturated heterocycles. The number of sulfonamides is 1. The number of amides is 2. The molecule has 0 spiro atoms. The van der Waals surface area contributed by atoms with Crippen molar-refractivity contribution in [1.29, 1.82) is 0 Å². The maximum Gasteiger partial charge on any atom is 0.244 e. The van der Waals surface area contributed by atoms with Crippen LogP contribution in [0.4, 0.5) is 5.69 Å². The highest BCUT2D eigenvalue weighted by atomic mass is 79.9. The third kappa shape index (κ3) is 7.84. The molecule has 1 atom stereocenters. The van der Waals surface area contributed by atoms with Crippen molar-refractivity contribution >= 4 is 43.5 Å². The van der Waals surface area contributed by atoms with Gasteiger partial charge in [0.2, 0.25) is 21.8 Å². The standard InChI is InChI=1S/C25H34BrN3O4S/c1-6-23(25(31)27-18(2)3)28(15-14-20-10-8-7-9-11-20)24(30)17-29(34(5,32)33)21-12-13-22(26)19(4)16-21/h7-13,16,18,23H,6,14-15,17H2,1-5H3,(H,27,31)/t23-/m1/s1. The average molecular weight is 553 g/mol. The van der Waals surface area contributed by atoms with Crippen LogP contribution in [0, 0.1) is 6.92 Å². The Morgan fingerprint density at radius 2 is 1.74 bits per heavy atom. The van der Waals surface area contributed by atoms with Crippen LogP contribution in [0.5, 0.6) is 0 Å². The minimum atomic E-state index is -3.74. The molecule has 2 rings (SSSR count). The number of carbonyl (C=O) groups is 2. The number of halogens is 1. The van der Waals surface area contributed by atoms with Crippen LogP contribution in [-0.2, 0) is 26.0 Å². The molecule has 0 aliphatic heterocycles. The summed E-state index contributed by atoms with van der Waals surface area (Å²) in [7, 11) is -3.74. The van der Waals surface area contributed by atoms with Gasteiger partial charge in [0, 0.05) is 17.1 Å². The molecule has 2 aromatic carbocycles. The molecule has 1 N–H and O–H groups in total. The maximum atomic E-state index is 13.6. The quantitative estimate of drug-likeness (QED) is 0.458. The summed E-state index contributed by atoms with van der Waals surface area (Å²) >= 11 is 3.42. The lowest BCUT2D eigenvalue weighted by atomic mass is 10.1. The number of benzene rings is 2. The number of anilines is 1. The summed E-state index contributed by atoms with van der Waals surface area (Å²) in [4.78, 5) is 28.0. The summed E-state index contributed by atoms with van der Waals surface area (Å²) in [5.74, 6) is -0.669. The maximum absolute atomic E-state index is 13.6. The molecular formula is C25H34BrN3O4S. The Morgan fingerprint density at radius 3 is 2.26 bits per heavy atom. The van der Waals surface area contributed by atoms with Crippen LogP contribution >= 0.6 is 15.9 Å². The first kappa shape index (κ1) is 27.9. The van der Waals surface area contributed by atoms with Gasteiger partial charge in [0.15, 0.2) is 0 Å². The number of nitrogens with one attached hydrogen (secondary N) is 1. The second-order valence-electron chi connectivity index (χ2n) is 8.61. The minimum absolute atomic E-state index is 0.0779. The van der Waals surface area contributed by atoms with Crippen LogP contribution in [0.1, 0.15) is 38.3 Å². The van der Waals surface area contributed by atoms with Gasteiger partial charge in [-0.3, -0.25) is 13.9 Å². The van der Waals surface area contributed by atoms with Crippen LogP contribution < -0.4 is 9.62 Å². The highest BCUT2D eigenvalue weighted by Gasteiger charge is 2.31. The van der Waals surface area contributed by atoms with Crippen LogP contribution in [0.15, 0.2) is 53.0 Å². The molecule has 2 amide bonds. The van der Waals surface area contributed by atoms with E-state index in [1.807, 2.05) is 58.0 Å². The first-order valence-electron chi connectivity index (χ1n) is 11.3. The van der Waals surface area contributed by atoms with E-state index in [-0.39, 0.29) is 18.5 Å². The first-order valence-corrected chi connectivity index (χ1v) is 14.0. The second kappa shape index (κ2) is 12.4. The number of aryl methyl sites for hydroxylation is 1. The topological polar surface area (TPSA) is 86.8 Å². The molecule has 0 aromatic heterocycles. The SMILES string of the molecule is CC[C@H](C(=O)NC(C)C)N(CCc1ccccc1)C(=O)CN(c1ccc(Br)c(C)c1)S(C)(=O)=O. The molecule has 0 unspecified atom stereocenters. The third-order valence-electron chi connectivity index (χ3n) is 5.41. The number of hydrogen-bond acceptors (Lipinski definition) is 4. The van der Waals surface area contributed by atoms with Gasteiger partial charge in [-0.05, 0) is 62.9 Å². The minimum Gasteiger partial charge on any atom is -0.352 e. The molecule has 0 fully saturated rings. The van der Waals surface area contributed by atoms with Crippen molar-refractivity contribution in [1.82, 2.24) is 10.2 Å². The van der Waals surface area contributed by atoms with Gasteiger partial charge in [0.1, 0.15) is 12.6 Å². The zero-order valence-corrected chi connectivity index (χ0v) is 22.8. The lowest BCUT2D eigenvalue weighted by molar-refractivity contribution is -0.139. The number of rotatable bonds is 11. The number of nitrogens with zero attached hydrogens (tertiary/aromatic N) is 2. The largest absolute Gasteiger partial charge is 0.352 e. The van der Waals surface area contributed by atoms with Crippen molar-refractivity contribution in [2.75, 3.05) is 23.7 Å². The highest BCUT2D eigenvalue weighted by molar-refractivity contribution is 9.10.